The largest absolute Gasteiger partial charge is 0.351 e. The zero-order valence-corrected chi connectivity index (χ0v) is 11.1. The van der Waals surface area contributed by atoms with Crippen molar-refractivity contribution in [1.82, 2.24) is 14.9 Å². The Balaban J connectivity index is 2.15. The monoisotopic (exact) mass is 234 g/mol. The maximum Gasteiger partial charge on any atom is 0.132 e. The summed E-state index contributed by atoms with van der Waals surface area (Å²) < 4.78 is 0. The topological polar surface area (TPSA) is 32.3 Å². The van der Waals surface area contributed by atoms with Gasteiger partial charge in [0.1, 0.15) is 11.6 Å². The number of aryl methyl sites for hydroxylation is 1. The first-order valence-corrected chi connectivity index (χ1v) is 6.53. The zero-order chi connectivity index (χ0) is 12.3. The number of rotatable bonds is 3. The van der Waals surface area contributed by atoms with E-state index in [2.05, 4.69) is 33.6 Å². The predicted molar refractivity (Wildman–Crippen MR) is 70.3 cm³/mol. The highest BCUT2D eigenvalue weighted by molar-refractivity contribution is 5.39. The van der Waals surface area contributed by atoms with E-state index in [0.717, 1.165) is 37.8 Å². The van der Waals surface area contributed by atoms with E-state index >= 15 is 0 Å². The second kappa shape index (κ2) is 5.45. The molecule has 1 aliphatic rings. The molecule has 0 bridgehead atoms. The van der Waals surface area contributed by atoms with Crippen LogP contribution in [0.4, 0.5) is 5.82 Å². The van der Waals surface area contributed by atoms with E-state index in [4.69, 9.17) is 0 Å². The lowest BCUT2D eigenvalue weighted by molar-refractivity contribution is 0.229. The highest BCUT2D eigenvalue weighted by atomic mass is 15.3. The molecule has 1 aromatic rings. The summed E-state index contributed by atoms with van der Waals surface area (Å²) >= 11 is 0. The van der Waals surface area contributed by atoms with Crippen LogP contribution in [0.3, 0.4) is 0 Å². The average molecular weight is 234 g/mol. The first-order chi connectivity index (χ1) is 8.24. The molecule has 0 aliphatic carbocycles. The minimum Gasteiger partial charge on any atom is -0.351 e. The number of hydrogen-bond acceptors (Lipinski definition) is 4. The lowest BCUT2D eigenvalue weighted by atomic mass is 10.1. The standard InChI is InChI=1S/C13H22N4/c1-4-12-10-16(5-2)8-9-17(12)13-6-7-14-11(3)15-13/h6-7,12H,4-5,8-10H2,1-3H3/t12-/m1/s1. The molecule has 0 unspecified atom stereocenters. The van der Waals surface area contributed by atoms with E-state index in [-0.39, 0.29) is 0 Å². The third-order valence-corrected chi connectivity index (χ3v) is 3.54. The van der Waals surface area contributed by atoms with Gasteiger partial charge in [-0.15, -0.1) is 0 Å². The molecule has 1 aromatic heterocycles. The molecule has 0 aromatic carbocycles. The van der Waals surface area contributed by atoms with Crippen molar-refractivity contribution in [3.05, 3.63) is 18.1 Å². The summed E-state index contributed by atoms with van der Waals surface area (Å²) in [7, 11) is 0. The average Bonchev–Trinajstić information content (AvgIpc) is 2.38. The quantitative estimate of drug-likeness (QED) is 0.797. The second-order valence-corrected chi connectivity index (χ2v) is 4.61. The summed E-state index contributed by atoms with van der Waals surface area (Å²) in [4.78, 5) is 13.7. The van der Waals surface area contributed by atoms with Gasteiger partial charge in [-0.2, -0.15) is 0 Å². The molecular weight excluding hydrogens is 212 g/mol. The van der Waals surface area contributed by atoms with Gasteiger partial charge in [0.05, 0.1) is 0 Å². The normalized spacial score (nSPS) is 21.8. The Bertz CT molecular complexity index is 366. The van der Waals surface area contributed by atoms with Crippen LogP contribution in [0.5, 0.6) is 0 Å². The van der Waals surface area contributed by atoms with Crippen LogP contribution in [0.2, 0.25) is 0 Å². The van der Waals surface area contributed by atoms with Gasteiger partial charge >= 0.3 is 0 Å². The van der Waals surface area contributed by atoms with Gasteiger partial charge in [-0.25, -0.2) is 9.97 Å². The molecule has 1 atom stereocenters. The van der Waals surface area contributed by atoms with Gasteiger partial charge in [0, 0.05) is 31.9 Å². The number of likely N-dealkylation sites (N-methyl/N-ethyl adjacent to an activating group) is 1. The Hall–Kier alpha value is -1.16. The van der Waals surface area contributed by atoms with Gasteiger partial charge in [0.15, 0.2) is 0 Å². The molecule has 17 heavy (non-hydrogen) atoms. The number of piperazine rings is 1. The van der Waals surface area contributed by atoms with Crippen LogP contribution in [-0.2, 0) is 0 Å². The highest BCUT2D eigenvalue weighted by Crippen LogP contribution is 2.19. The summed E-state index contributed by atoms with van der Waals surface area (Å²) in [5, 5.41) is 0. The molecule has 0 saturated carbocycles. The SMILES string of the molecule is CC[C@@H]1CN(CC)CCN1c1ccnc(C)n1. The van der Waals surface area contributed by atoms with Gasteiger partial charge in [-0.05, 0) is 26.0 Å². The van der Waals surface area contributed by atoms with Gasteiger partial charge in [0.2, 0.25) is 0 Å². The van der Waals surface area contributed by atoms with Crippen molar-refractivity contribution in [2.75, 3.05) is 31.1 Å². The molecule has 0 spiro atoms. The molecule has 2 heterocycles. The van der Waals surface area contributed by atoms with Crippen molar-refractivity contribution in [3.63, 3.8) is 0 Å². The van der Waals surface area contributed by atoms with Crippen molar-refractivity contribution in [2.45, 2.75) is 33.2 Å². The maximum atomic E-state index is 4.54. The van der Waals surface area contributed by atoms with Gasteiger partial charge in [-0.3, -0.25) is 4.90 Å². The lowest BCUT2D eigenvalue weighted by Gasteiger charge is -2.41. The van der Waals surface area contributed by atoms with Gasteiger partial charge < -0.3 is 4.90 Å². The molecule has 4 nitrogen and oxygen atoms in total. The molecule has 1 aliphatic heterocycles. The van der Waals surface area contributed by atoms with Crippen molar-refractivity contribution >= 4 is 5.82 Å². The van der Waals surface area contributed by atoms with Crippen LogP contribution in [0.25, 0.3) is 0 Å². The third-order valence-electron chi connectivity index (χ3n) is 3.54. The zero-order valence-electron chi connectivity index (χ0n) is 11.1. The summed E-state index contributed by atoms with van der Waals surface area (Å²) in [6.07, 6.45) is 3.02. The van der Waals surface area contributed by atoms with E-state index in [1.54, 1.807) is 0 Å². The van der Waals surface area contributed by atoms with E-state index in [1.165, 1.54) is 6.42 Å². The lowest BCUT2D eigenvalue weighted by Crippen LogP contribution is -2.53. The van der Waals surface area contributed by atoms with Crippen LogP contribution < -0.4 is 4.90 Å². The van der Waals surface area contributed by atoms with Gasteiger partial charge in [-0.1, -0.05) is 13.8 Å². The smallest absolute Gasteiger partial charge is 0.132 e. The Morgan fingerprint density at radius 1 is 1.35 bits per heavy atom. The fraction of sp³-hybridized carbons (Fsp3) is 0.692. The van der Waals surface area contributed by atoms with Crippen molar-refractivity contribution in [1.29, 1.82) is 0 Å². The van der Waals surface area contributed by atoms with E-state index < -0.39 is 0 Å². The van der Waals surface area contributed by atoms with Crippen molar-refractivity contribution in [2.24, 2.45) is 0 Å². The third kappa shape index (κ3) is 2.75. The molecule has 1 fully saturated rings. The van der Waals surface area contributed by atoms with E-state index in [1.807, 2.05) is 19.2 Å². The van der Waals surface area contributed by atoms with Crippen LogP contribution in [0.1, 0.15) is 26.1 Å². The second-order valence-electron chi connectivity index (χ2n) is 4.61. The minimum atomic E-state index is 0.581. The molecule has 2 rings (SSSR count). The number of aromatic nitrogens is 2. The van der Waals surface area contributed by atoms with Crippen LogP contribution in [0.15, 0.2) is 12.3 Å². The highest BCUT2D eigenvalue weighted by Gasteiger charge is 2.25. The molecule has 0 amide bonds. The Labute approximate surface area is 104 Å². The predicted octanol–water partition coefficient (Wildman–Crippen LogP) is 1.71. The summed E-state index contributed by atoms with van der Waals surface area (Å²) in [5.41, 5.74) is 0. The first kappa shape index (κ1) is 12.3. The Morgan fingerprint density at radius 2 is 2.18 bits per heavy atom. The maximum absolute atomic E-state index is 4.54. The number of nitrogens with zero attached hydrogens (tertiary/aromatic N) is 4. The molecule has 94 valence electrons. The fourth-order valence-corrected chi connectivity index (χ4v) is 2.46. The van der Waals surface area contributed by atoms with Crippen molar-refractivity contribution in [3.8, 4) is 0 Å². The van der Waals surface area contributed by atoms with E-state index in [0.29, 0.717) is 6.04 Å². The molecule has 4 heteroatoms. The molecule has 0 N–H and O–H groups in total. The summed E-state index contributed by atoms with van der Waals surface area (Å²) in [6.45, 7) is 10.9. The van der Waals surface area contributed by atoms with Crippen LogP contribution in [-0.4, -0.2) is 47.1 Å². The molecule has 0 radical (unpaired) electrons. The minimum absolute atomic E-state index is 0.581. The Morgan fingerprint density at radius 3 is 2.82 bits per heavy atom. The van der Waals surface area contributed by atoms with Crippen LogP contribution in [0, 0.1) is 6.92 Å². The fourth-order valence-electron chi connectivity index (χ4n) is 2.46. The molecular formula is C13H22N4. The number of anilines is 1. The summed E-state index contributed by atoms with van der Waals surface area (Å²) in [6, 6.07) is 2.61. The molecule has 1 saturated heterocycles. The Kier molecular flexibility index (Phi) is 3.94. The number of hydrogen-bond donors (Lipinski definition) is 0. The van der Waals surface area contributed by atoms with E-state index in [9.17, 15) is 0 Å². The van der Waals surface area contributed by atoms with Gasteiger partial charge in [0.25, 0.3) is 0 Å². The van der Waals surface area contributed by atoms with Crippen LogP contribution >= 0.6 is 0 Å². The first-order valence-electron chi connectivity index (χ1n) is 6.53. The van der Waals surface area contributed by atoms with Crippen molar-refractivity contribution < 1.29 is 0 Å². The summed E-state index contributed by atoms with van der Waals surface area (Å²) in [5.74, 6) is 1.94.